The van der Waals surface area contributed by atoms with Crippen molar-refractivity contribution < 1.29 is 45.4 Å². The van der Waals surface area contributed by atoms with E-state index in [-0.39, 0.29) is 52.1 Å². The zero-order chi connectivity index (χ0) is 32.1. The van der Waals surface area contributed by atoms with Crippen LogP contribution in [0, 0.1) is 5.92 Å². The maximum Gasteiger partial charge on any atom is 0.501 e. The van der Waals surface area contributed by atoms with Crippen LogP contribution in [0.4, 0.5) is 30.4 Å². The van der Waals surface area contributed by atoms with Gasteiger partial charge in [0.15, 0.2) is 0 Å². The molecule has 0 saturated heterocycles. The molecule has 0 radical (unpaired) electrons. The maximum atomic E-state index is 13.6. The summed E-state index contributed by atoms with van der Waals surface area (Å²) in [7, 11) is -3.01. The van der Waals surface area contributed by atoms with Gasteiger partial charge in [0.25, 0.3) is 21.7 Å². The van der Waals surface area contributed by atoms with Gasteiger partial charge in [-0.1, -0.05) is 24.6 Å². The van der Waals surface area contributed by atoms with Crippen LogP contribution in [-0.2, 0) is 19.4 Å². The molecule has 1 aromatic heterocycles. The van der Waals surface area contributed by atoms with Crippen molar-refractivity contribution in [2.75, 3.05) is 30.2 Å². The highest BCUT2D eigenvalue weighted by molar-refractivity contribution is 7.92. The third-order valence-corrected chi connectivity index (χ3v) is 8.39. The van der Waals surface area contributed by atoms with E-state index in [0.29, 0.717) is 25.3 Å². The first kappa shape index (κ1) is 32.2. The van der Waals surface area contributed by atoms with E-state index >= 15 is 0 Å². The van der Waals surface area contributed by atoms with Crippen LogP contribution in [-0.4, -0.2) is 61.9 Å². The number of aromatic nitrogens is 2. The standard InChI is InChI=1S/C28H28F3N5O7S/c1-42-26-22(23(32-15-33-26)34-17-8-5-7-16(13-17)27(39)43-2)25(38)36-21-12-4-3-11-20(21)24(37)35-18-9-6-10-19(14-18)44(40,41)28(29,30)31/h3-4,6,9-12,14-17H,5,7-8,13H2,1-2H3,(H,35,37)(H,36,38)(H,32,33,34)/t16-,17+/m0/s1. The van der Waals surface area contributed by atoms with Crippen LogP contribution in [0.5, 0.6) is 5.88 Å². The number of methoxy groups -OCH3 is 2. The Balaban J connectivity index is 1.57. The molecule has 3 aromatic rings. The lowest BCUT2D eigenvalue weighted by Crippen LogP contribution is -2.32. The Morgan fingerprint density at radius 2 is 1.70 bits per heavy atom. The molecule has 0 bridgehead atoms. The number of carbonyl (C=O) groups excluding carboxylic acids is 3. The summed E-state index contributed by atoms with van der Waals surface area (Å²) in [6.45, 7) is 0. The predicted molar refractivity (Wildman–Crippen MR) is 152 cm³/mol. The van der Waals surface area contributed by atoms with E-state index in [1.807, 2.05) is 0 Å². The summed E-state index contributed by atoms with van der Waals surface area (Å²) in [5.41, 5.74) is -5.88. The molecule has 0 unspecified atom stereocenters. The molecule has 16 heteroatoms. The molecule has 2 aromatic carbocycles. The van der Waals surface area contributed by atoms with E-state index in [1.54, 1.807) is 0 Å². The first-order valence-corrected chi connectivity index (χ1v) is 14.7. The van der Waals surface area contributed by atoms with E-state index in [2.05, 4.69) is 25.9 Å². The number of halogens is 3. The van der Waals surface area contributed by atoms with Crippen LogP contribution >= 0.6 is 0 Å². The zero-order valence-electron chi connectivity index (χ0n) is 23.5. The van der Waals surface area contributed by atoms with Crippen LogP contribution in [0.2, 0.25) is 0 Å². The second kappa shape index (κ2) is 13.3. The minimum absolute atomic E-state index is 0.0225. The average Bonchev–Trinajstić information content (AvgIpc) is 3.00. The van der Waals surface area contributed by atoms with Gasteiger partial charge in [-0.05, 0) is 49.6 Å². The first-order chi connectivity index (χ1) is 20.8. The van der Waals surface area contributed by atoms with Crippen molar-refractivity contribution in [2.24, 2.45) is 5.92 Å². The van der Waals surface area contributed by atoms with Crippen molar-refractivity contribution in [3.05, 3.63) is 66.0 Å². The van der Waals surface area contributed by atoms with Crippen molar-refractivity contribution in [3.63, 3.8) is 0 Å². The van der Waals surface area contributed by atoms with Crippen LogP contribution in [0.3, 0.4) is 0 Å². The van der Waals surface area contributed by atoms with E-state index in [0.717, 1.165) is 18.6 Å². The van der Waals surface area contributed by atoms with E-state index < -0.39 is 32.1 Å². The molecule has 2 atom stereocenters. The topological polar surface area (TPSA) is 166 Å². The molecule has 1 fully saturated rings. The van der Waals surface area contributed by atoms with Gasteiger partial charge in [-0.15, -0.1) is 0 Å². The summed E-state index contributed by atoms with van der Waals surface area (Å²) >= 11 is 0. The monoisotopic (exact) mass is 635 g/mol. The second-order valence-electron chi connectivity index (χ2n) is 9.77. The third-order valence-electron chi connectivity index (χ3n) is 6.91. The van der Waals surface area contributed by atoms with Crippen molar-refractivity contribution >= 4 is 44.8 Å². The number of amides is 2. The van der Waals surface area contributed by atoms with Gasteiger partial charge < -0.3 is 25.4 Å². The summed E-state index contributed by atoms with van der Waals surface area (Å²) in [6, 6.07) is 9.31. The van der Waals surface area contributed by atoms with Crippen molar-refractivity contribution in [1.29, 1.82) is 0 Å². The molecule has 3 N–H and O–H groups in total. The normalized spacial score (nSPS) is 16.8. The van der Waals surface area contributed by atoms with Gasteiger partial charge in [0, 0.05) is 11.7 Å². The molecule has 12 nitrogen and oxygen atoms in total. The number of sulfone groups is 1. The largest absolute Gasteiger partial charge is 0.501 e. The Morgan fingerprint density at radius 1 is 0.955 bits per heavy atom. The molecule has 4 rings (SSSR count). The minimum atomic E-state index is -5.65. The number of esters is 1. The summed E-state index contributed by atoms with van der Waals surface area (Å²) < 4.78 is 72.8. The highest BCUT2D eigenvalue weighted by Crippen LogP contribution is 2.32. The van der Waals surface area contributed by atoms with Gasteiger partial charge in [0.05, 0.1) is 36.3 Å². The number of hydrogen-bond acceptors (Lipinski definition) is 10. The van der Waals surface area contributed by atoms with Gasteiger partial charge >= 0.3 is 11.5 Å². The molecule has 0 aliphatic heterocycles. The van der Waals surface area contributed by atoms with Gasteiger partial charge in [-0.2, -0.15) is 13.2 Å². The molecule has 1 saturated carbocycles. The fraction of sp³-hybridized carbons (Fsp3) is 0.321. The number of rotatable bonds is 9. The Bertz CT molecular complexity index is 1670. The van der Waals surface area contributed by atoms with Crippen molar-refractivity contribution in [2.45, 2.75) is 42.1 Å². The molecule has 1 aliphatic rings. The van der Waals surface area contributed by atoms with Gasteiger partial charge in [0.2, 0.25) is 5.88 Å². The number of benzene rings is 2. The lowest BCUT2D eigenvalue weighted by Gasteiger charge is -2.29. The van der Waals surface area contributed by atoms with Crippen LogP contribution < -0.4 is 20.7 Å². The summed E-state index contributed by atoms with van der Waals surface area (Å²) in [5, 5.41) is 8.17. The number of para-hydroxylation sites is 1. The lowest BCUT2D eigenvalue weighted by molar-refractivity contribution is -0.146. The Kier molecular flexibility index (Phi) is 9.71. The fourth-order valence-electron chi connectivity index (χ4n) is 4.78. The molecule has 0 spiro atoms. The molecule has 1 aliphatic carbocycles. The average molecular weight is 636 g/mol. The molecule has 44 heavy (non-hydrogen) atoms. The number of nitrogens with one attached hydrogen (secondary N) is 3. The first-order valence-electron chi connectivity index (χ1n) is 13.2. The predicted octanol–water partition coefficient (Wildman–Crippen LogP) is 4.43. The number of ether oxygens (including phenoxy) is 2. The molecule has 2 amide bonds. The number of alkyl halides is 3. The molecule has 234 valence electrons. The minimum Gasteiger partial charge on any atom is -0.480 e. The van der Waals surface area contributed by atoms with Crippen molar-refractivity contribution in [1.82, 2.24) is 9.97 Å². The smallest absolute Gasteiger partial charge is 0.480 e. The molecule has 1 heterocycles. The van der Waals surface area contributed by atoms with Gasteiger partial charge in [-0.3, -0.25) is 14.4 Å². The third kappa shape index (κ3) is 7.07. The SMILES string of the molecule is COC(=O)[C@H]1CCC[C@@H](Nc2ncnc(OC)c2C(=O)Nc2ccccc2C(=O)Nc2cccc(S(=O)(=O)C(F)(F)F)c2)C1. The Morgan fingerprint density at radius 3 is 2.41 bits per heavy atom. The van der Waals surface area contributed by atoms with Crippen LogP contribution in [0.15, 0.2) is 59.8 Å². The zero-order valence-corrected chi connectivity index (χ0v) is 24.3. The summed E-state index contributed by atoms with van der Waals surface area (Å²) in [6.07, 6.45) is 3.78. The van der Waals surface area contributed by atoms with E-state index in [4.69, 9.17) is 9.47 Å². The highest BCUT2D eigenvalue weighted by Gasteiger charge is 2.47. The number of carbonyl (C=O) groups is 3. The fourth-order valence-corrected chi connectivity index (χ4v) is 5.59. The lowest BCUT2D eigenvalue weighted by atomic mass is 9.85. The van der Waals surface area contributed by atoms with Crippen LogP contribution in [0.25, 0.3) is 0 Å². The number of anilines is 3. The van der Waals surface area contributed by atoms with Gasteiger partial charge in [0.1, 0.15) is 17.7 Å². The van der Waals surface area contributed by atoms with E-state index in [9.17, 15) is 36.0 Å². The number of nitrogens with zero attached hydrogens (tertiary/aromatic N) is 2. The van der Waals surface area contributed by atoms with E-state index in [1.165, 1.54) is 50.9 Å². The number of hydrogen-bond donors (Lipinski definition) is 3. The second-order valence-corrected chi connectivity index (χ2v) is 11.7. The molecular weight excluding hydrogens is 607 g/mol. The van der Waals surface area contributed by atoms with Crippen molar-refractivity contribution in [3.8, 4) is 5.88 Å². The Hall–Kier alpha value is -4.73. The maximum absolute atomic E-state index is 13.6. The summed E-state index contributed by atoms with van der Waals surface area (Å²) in [4.78, 5) is 46.0. The summed E-state index contributed by atoms with van der Waals surface area (Å²) in [5.74, 6) is -2.15. The Labute approximate surface area is 250 Å². The molecular formula is C28H28F3N5O7S. The quantitative estimate of drug-likeness (QED) is 0.287. The van der Waals surface area contributed by atoms with Crippen LogP contribution in [0.1, 0.15) is 46.4 Å². The highest BCUT2D eigenvalue weighted by atomic mass is 32.2. The van der Waals surface area contributed by atoms with Gasteiger partial charge in [-0.25, -0.2) is 18.4 Å².